The van der Waals surface area contributed by atoms with Crippen LogP contribution in [-0.2, 0) is 0 Å². The van der Waals surface area contributed by atoms with Gasteiger partial charge in [-0.05, 0) is 29.6 Å². The van der Waals surface area contributed by atoms with Crippen molar-refractivity contribution in [1.82, 2.24) is 9.97 Å². The number of aromatic carboxylic acids is 1. The fraction of sp³-hybridized carbons (Fsp3) is 0. The van der Waals surface area contributed by atoms with Crippen LogP contribution in [-0.4, -0.2) is 21.0 Å². The molecule has 0 saturated carbocycles. The molecule has 0 spiro atoms. The number of carbonyl (C=O) groups is 1. The Morgan fingerprint density at radius 1 is 1.00 bits per heavy atom. The number of aromatic nitrogens is 2. The number of hydrogen-bond donors (Lipinski definition) is 1. The van der Waals surface area contributed by atoms with Gasteiger partial charge < -0.3 is 5.11 Å². The Balaban J connectivity index is 2.14. The molecule has 120 valence electrons. The molecule has 0 fully saturated rings. The highest BCUT2D eigenvalue weighted by atomic mass is 31.1. The summed E-state index contributed by atoms with van der Waals surface area (Å²) in [4.78, 5) is 19.2. The lowest BCUT2D eigenvalue weighted by atomic mass is 10.1. The summed E-state index contributed by atoms with van der Waals surface area (Å²) in [5, 5.41) is 9.95. The Labute approximate surface area is 138 Å². The molecule has 1 unspecified atom stereocenters. The smallest absolute Gasteiger partial charge is 0.355 e. The van der Waals surface area contributed by atoms with Crippen LogP contribution in [0.2, 0.25) is 0 Å². The molecule has 1 atom stereocenters. The molecule has 7 heteroatoms. The largest absolute Gasteiger partial charge is 0.476 e. The minimum absolute atomic E-state index is 0.132. The monoisotopic (exact) mass is 344 g/mol. The SMILES string of the molecule is O=C(O)c1ncccc1Pc1cc(F)cc(F)c1-c1ccccn1. The molecule has 0 bridgehead atoms. The summed E-state index contributed by atoms with van der Waals surface area (Å²) >= 11 is 0. The summed E-state index contributed by atoms with van der Waals surface area (Å²) in [6.07, 6.45) is 2.88. The number of rotatable bonds is 4. The van der Waals surface area contributed by atoms with Crippen molar-refractivity contribution in [2.45, 2.75) is 0 Å². The number of carboxylic acids is 1. The minimum atomic E-state index is -1.19. The van der Waals surface area contributed by atoms with Gasteiger partial charge in [0.1, 0.15) is 11.6 Å². The van der Waals surface area contributed by atoms with Crippen molar-refractivity contribution in [1.29, 1.82) is 0 Å². The predicted octanol–water partition coefficient (Wildman–Crippen LogP) is 2.75. The van der Waals surface area contributed by atoms with Gasteiger partial charge in [-0.25, -0.2) is 18.6 Å². The number of benzene rings is 1. The van der Waals surface area contributed by atoms with E-state index in [-0.39, 0.29) is 19.8 Å². The second-order valence-corrected chi connectivity index (χ2v) is 6.18. The van der Waals surface area contributed by atoms with E-state index in [9.17, 15) is 18.7 Å². The topological polar surface area (TPSA) is 63.1 Å². The van der Waals surface area contributed by atoms with Crippen LogP contribution in [0.15, 0.2) is 54.9 Å². The maximum atomic E-state index is 14.4. The van der Waals surface area contributed by atoms with Gasteiger partial charge >= 0.3 is 5.97 Å². The lowest BCUT2D eigenvalue weighted by Gasteiger charge is -2.12. The average Bonchev–Trinajstić information content (AvgIpc) is 2.55. The molecule has 3 rings (SSSR count). The molecule has 4 nitrogen and oxygen atoms in total. The van der Waals surface area contributed by atoms with E-state index in [0.717, 1.165) is 6.07 Å². The third-order valence-electron chi connectivity index (χ3n) is 3.26. The molecule has 2 aromatic heterocycles. The van der Waals surface area contributed by atoms with Crippen molar-refractivity contribution >= 4 is 25.2 Å². The third kappa shape index (κ3) is 3.29. The lowest BCUT2D eigenvalue weighted by Crippen LogP contribution is -2.17. The van der Waals surface area contributed by atoms with Gasteiger partial charge in [-0.3, -0.25) is 4.98 Å². The molecule has 0 amide bonds. The molecule has 1 N–H and O–H groups in total. The van der Waals surface area contributed by atoms with Crippen molar-refractivity contribution in [3.63, 3.8) is 0 Å². The zero-order chi connectivity index (χ0) is 17.1. The number of hydrogen-bond acceptors (Lipinski definition) is 3. The zero-order valence-corrected chi connectivity index (χ0v) is 13.2. The maximum Gasteiger partial charge on any atom is 0.355 e. The molecule has 0 aliphatic carbocycles. The first kappa shape index (κ1) is 16.1. The van der Waals surface area contributed by atoms with Gasteiger partial charge in [-0.1, -0.05) is 20.7 Å². The predicted molar refractivity (Wildman–Crippen MR) is 88.4 cm³/mol. The van der Waals surface area contributed by atoms with Crippen molar-refractivity contribution in [2.24, 2.45) is 0 Å². The lowest BCUT2D eigenvalue weighted by molar-refractivity contribution is 0.0692. The highest BCUT2D eigenvalue weighted by Gasteiger charge is 2.18. The third-order valence-corrected chi connectivity index (χ3v) is 4.59. The van der Waals surface area contributed by atoms with Crippen LogP contribution >= 0.6 is 8.58 Å². The van der Waals surface area contributed by atoms with Crippen LogP contribution in [0.4, 0.5) is 8.78 Å². The second kappa shape index (κ2) is 6.81. The highest BCUT2D eigenvalue weighted by Crippen LogP contribution is 2.26. The van der Waals surface area contributed by atoms with Crippen LogP contribution in [0.25, 0.3) is 11.3 Å². The number of halogens is 2. The molecule has 2 heterocycles. The van der Waals surface area contributed by atoms with E-state index in [4.69, 9.17) is 0 Å². The Morgan fingerprint density at radius 2 is 1.79 bits per heavy atom. The molecule has 0 radical (unpaired) electrons. The Morgan fingerprint density at radius 3 is 2.50 bits per heavy atom. The molecular weight excluding hydrogens is 333 g/mol. The molecule has 3 aromatic rings. The van der Waals surface area contributed by atoms with Crippen molar-refractivity contribution in [2.75, 3.05) is 0 Å². The van der Waals surface area contributed by atoms with Crippen LogP contribution in [0.5, 0.6) is 0 Å². The summed E-state index contributed by atoms with van der Waals surface area (Å²) < 4.78 is 28.0. The molecule has 0 aliphatic heterocycles. The standard InChI is InChI=1S/C17H11F2N2O2P/c18-10-8-11(19)15(12-4-1-2-6-20-12)14(9-10)24-13-5-3-7-21-16(13)17(22)23/h1-9,24H,(H,22,23). The van der Waals surface area contributed by atoms with Crippen molar-refractivity contribution < 1.29 is 18.7 Å². The Hall–Kier alpha value is -2.72. The summed E-state index contributed by atoms with van der Waals surface area (Å²) in [5.74, 6) is -2.65. The van der Waals surface area contributed by atoms with Crippen molar-refractivity contribution in [3.05, 3.63) is 72.2 Å². The summed E-state index contributed by atoms with van der Waals surface area (Å²) in [6.45, 7) is 0. The first-order valence-electron chi connectivity index (χ1n) is 6.92. The summed E-state index contributed by atoms with van der Waals surface area (Å²) in [6, 6.07) is 10.2. The van der Waals surface area contributed by atoms with E-state index in [1.54, 1.807) is 30.3 Å². The van der Waals surface area contributed by atoms with E-state index >= 15 is 0 Å². The van der Waals surface area contributed by atoms with Gasteiger partial charge in [0.15, 0.2) is 5.69 Å². The van der Waals surface area contributed by atoms with Gasteiger partial charge in [0.2, 0.25) is 0 Å². The van der Waals surface area contributed by atoms with Gasteiger partial charge in [0.25, 0.3) is 0 Å². The van der Waals surface area contributed by atoms with Crippen LogP contribution in [0, 0.1) is 11.6 Å². The van der Waals surface area contributed by atoms with E-state index in [0.29, 0.717) is 16.3 Å². The average molecular weight is 344 g/mol. The van der Waals surface area contributed by atoms with Crippen LogP contribution in [0.1, 0.15) is 10.5 Å². The fourth-order valence-corrected chi connectivity index (χ4v) is 3.61. The first-order chi connectivity index (χ1) is 11.6. The minimum Gasteiger partial charge on any atom is -0.476 e. The number of pyridine rings is 2. The van der Waals surface area contributed by atoms with E-state index in [1.807, 2.05) is 0 Å². The van der Waals surface area contributed by atoms with E-state index in [1.165, 1.54) is 18.5 Å². The van der Waals surface area contributed by atoms with Gasteiger partial charge in [0, 0.05) is 29.3 Å². The maximum absolute atomic E-state index is 14.4. The quantitative estimate of drug-likeness (QED) is 0.740. The van der Waals surface area contributed by atoms with Crippen molar-refractivity contribution in [3.8, 4) is 11.3 Å². The van der Waals surface area contributed by atoms with Gasteiger partial charge in [-0.15, -0.1) is 0 Å². The molecule has 0 saturated heterocycles. The Kier molecular flexibility index (Phi) is 4.58. The van der Waals surface area contributed by atoms with E-state index < -0.39 is 17.6 Å². The van der Waals surface area contributed by atoms with E-state index in [2.05, 4.69) is 9.97 Å². The summed E-state index contributed by atoms with van der Waals surface area (Å²) in [5.41, 5.74) is 0.390. The molecular formula is C17H11F2N2O2P. The Bertz CT molecular complexity index is 904. The highest BCUT2D eigenvalue weighted by molar-refractivity contribution is 7.56. The van der Waals surface area contributed by atoms with Crippen LogP contribution < -0.4 is 10.6 Å². The van der Waals surface area contributed by atoms with Crippen LogP contribution in [0.3, 0.4) is 0 Å². The first-order valence-corrected chi connectivity index (χ1v) is 7.92. The number of carboxylic acid groups (broad SMARTS) is 1. The fourth-order valence-electron chi connectivity index (χ4n) is 2.26. The number of nitrogens with zero attached hydrogens (tertiary/aromatic N) is 2. The molecule has 1 aromatic carbocycles. The van der Waals surface area contributed by atoms with Gasteiger partial charge in [0.05, 0.1) is 5.69 Å². The summed E-state index contributed by atoms with van der Waals surface area (Å²) in [7, 11) is -0.278. The van der Waals surface area contributed by atoms with Gasteiger partial charge in [-0.2, -0.15) is 0 Å². The normalized spacial score (nSPS) is 11.1. The molecule has 24 heavy (non-hydrogen) atoms. The zero-order valence-electron chi connectivity index (χ0n) is 12.2. The molecule has 0 aliphatic rings. The second-order valence-electron chi connectivity index (χ2n) is 4.85.